The van der Waals surface area contributed by atoms with E-state index in [0.717, 1.165) is 11.3 Å². The van der Waals surface area contributed by atoms with Gasteiger partial charge in [0.05, 0.1) is 7.11 Å². The van der Waals surface area contributed by atoms with Gasteiger partial charge in [0.15, 0.2) is 0 Å². The first-order valence-electron chi connectivity index (χ1n) is 4.71. The summed E-state index contributed by atoms with van der Waals surface area (Å²) in [6.45, 7) is 1.86. The summed E-state index contributed by atoms with van der Waals surface area (Å²) in [5.41, 5.74) is 1.81. The van der Waals surface area contributed by atoms with E-state index in [1.807, 2.05) is 6.92 Å². The highest BCUT2D eigenvalue weighted by molar-refractivity contribution is 5.66. The van der Waals surface area contributed by atoms with Crippen LogP contribution >= 0.6 is 0 Å². The molecule has 0 aliphatic rings. The number of nitrogens with zero attached hydrogens (tertiary/aromatic N) is 2. The van der Waals surface area contributed by atoms with Crippen LogP contribution in [0.25, 0.3) is 0 Å². The molecule has 0 amide bonds. The van der Waals surface area contributed by atoms with Crippen LogP contribution < -0.4 is 4.74 Å². The van der Waals surface area contributed by atoms with Crippen molar-refractivity contribution in [1.29, 1.82) is 0 Å². The van der Waals surface area contributed by atoms with Crippen LogP contribution in [0, 0.1) is 6.92 Å². The van der Waals surface area contributed by atoms with E-state index >= 15 is 0 Å². The van der Waals surface area contributed by atoms with Gasteiger partial charge in [0, 0.05) is 18.3 Å². The number of aliphatic carboxylic acids is 1. The molecule has 15 heavy (non-hydrogen) atoms. The van der Waals surface area contributed by atoms with Crippen molar-refractivity contribution in [3.05, 3.63) is 17.5 Å². The van der Waals surface area contributed by atoms with E-state index in [-0.39, 0.29) is 6.42 Å². The summed E-state index contributed by atoms with van der Waals surface area (Å²) in [6.07, 6.45) is 3.14. The predicted octanol–water partition coefficient (Wildman–Crippen LogP) is 1.20. The minimum atomic E-state index is -0.776. The molecule has 1 heterocycles. The van der Waals surface area contributed by atoms with Crippen molar-refractivity contribution in [1.82, 2.24) is 9.97 Å². The summed E-state index contributed by atoms with van der Waals surface area (Å²) in [5, 5.41) is 8.49. The molecule has 0 saturated carbocycles. The molecule has 0 aromatic carbocycles. The van der Waals surface area contributed by atoms with Gasteiger partial charge in [0.25, 0.3) is 0 Å². The van der Waals surface area contributed by atoms with Crippen LogP contribution in [0.5, 0.6) is 6.01 Å². The van der Waals surface area contributed by atoms with Crippen molar-refractivity contribution in [2.45, 2.75) is 26.2 Å². The fraction of sp³-hybridized carbons (Fsp3) is 0.500. The van der Waals surface area contributed by atoms with Crippen molar-refractivity contribution in [3.8, 4) is 6.01 Å². The second kappa shape index (κ2) is 5.29. The molecular weight excluding hydrogens is 196 g/mol. The molecule has 5 heteroatoms. The SMILES string of the molecule is COc1ncc(CCCC(=O)O)c(C)n1. The van der Waals surface area contributed by atoms with E-state index in [4.69, 9.17) is 9.84 Å². The standard InChI is InChI=1S/C10H14N2O3/c1-7-8(4-3-5-9(13)14)6-11-10(12-7)15-2/h6H,3-5H2,1-2H3,(H,13,14). The topological polar surface area (TPSA) is 72.3 Å². The monoisotopic (exact) mass is 210 g/mol. The van der Waals surface area contributed by atoms with Crippen LogP contribution in [-0.4, -0.2) is 28.2 Å². The third-order valence-electron chi connectivity index (χ3n) is 2.08. The van der Waals surface area contributed by atoms with E-state index in [9.17, 15) is 4.79 Å². The maximum atomic E-state index is 10.3. The molecule has 0 unspecified atom stereocenters. The highest BCUT2D eigenvalue weighted by Crippen LogP contribution is 2.11. The van der Waals surface area contributed by atoms with Gasteiger partial charge in [-0.05, 0) is 25.3 Å². The zero-order valence-corrected chi connectivity index (χ0v) is 8.86. The Bertz CT molecular complexity index is 353. The van der Waals surface area contributed by atoms with E-state index in [1.54, 1.807) is 6.20 Å². The van der Waals surface area contributed by atoms with Gasteiger partial charge in [-0.1, -0.05) is 0 Å². The summed E-state index contributed by atoms with van der Waals surface area (Å²) in [5.74, 6) is -0.776. The molecule has 82 valence electrons. The number of carbonyl (C=O) groups is 1. The second-order valence-electron chi connectivity index (χ2n) is 3.21. The molecule has 1 aromatic rings. The lowest BCUT2D eigenvalue weighted by Crippen LogP contribution is -2.01. The zero-order valence-electron chi connectivity index (χ0n) is 8.86. The third-order valence-corrected chi connectivity index (χ3v) is 2.08. The van der Waals surface area contributed by atoms with Crippen molar-refractivity contribution in [2.75, 3.05) is 7.11 Å². The zero-order chi connectivity index (χ0) is 11.3. The lowest BCUT2D eigenvalue weighted by atomic mass is 10.1. The van der Waals surface area contributed by atoms with E-state index in [1.165, 1.54) is 7.11 Å². The van der Waals surface area contributed by atoms with E-state index in [2.05, 4.69) is 9.97 Å². The fourth-order valence-electron chi connectivity index (χ4n) is 1.24. The number of aryl methyl sites for hydroxylation is 2. The molecule has 1 rings (SSSR count). The summed E-state index contributed by atoms with van der Waals surface area (Å²) in [7, 11) is 1.51. The molecule has 1 N–H and O–H groups in total. The smallest absolute Gasteiger partial charge is 0.316 e. The van der Waals surface area contributed by atoms with E-state index in [0.29, 0.717) is 18.9 Å². The van der Waals surface area contributed by atoms with Gasteiger partial charge in [0.1, 0.15) is 0 Å². The lowest BCUT2D eigenvalue weighted by Gasteiger charge is -2.04. The number of hydrogen-bond acceptors (Lipinski definition) is 4. The summed E-state index contributed by atoms with van der Waals surface area (Å²) < 4.78 is 4.88. The number of ether oxygens (including phenoxy) is 1. The van der Waals surface area contributed by atoms with Gasteiger partial charge in [-0.3, -0.25) is 4.79 Å². The van der Waals surface area contributed by atoms with Crippen LogP contribution in [0.4, 0.5) is 0 Å². The summed E-state index contributed by atoms with van der Waals surface area (Å²) >= 11 is 0. The number of methoxy groups -OCH3 is 1. The Morgan fingerprint density at radius 2 is 2.33 bits per heavy atom. The average Bonchev–Trinajstić information content (AvgIpc) is 2.20. The number of rotatable bonds is 5. The summed E-state index contributed by atoms with van der Waals surface area (Å²) in [6, 6.07) is 0.342. The van der Waals surface area contributed by atoms with Crippen molar-refractivity contribution >= 4 is 5.97 Å². The summed E-state index contributed by atoms with van der Waals surface area (Å²) in [4.78, 5) is 18.4. The first-order valence-corrected chi connectivity index (χ1v) is 4.71. The van der Waals surface area contributed by atoms with Crippen LogP contribution in [0.2, 0.25) is 0 Å². The number of aromatic nitrogens is 2. The second-order valence-corrected chi connectivity index (χ2v) is 3.21. The molecule has 0 atom stereocenters. The molecule has 0 saturated heterocycles. The number of carboxylic acids is 1. The van der Waals surface area contributed by atoms with Crippen LogP contribution in [-0.2, 0) is 11.2 Å². The third kappa shape index (κ3) is 3.53. The number of hydrogen-bond donors (Lipinski definition) is 1. The Kier molecular flexibility index (Phi) is 4.03. The maximum absolute atomic E-state index is 10.3. The van der Waals surface area contributed by atoms with E-state index < -0.39 is 5.97 Å². The minimum Gasteiger partial charge on any atom is -0.481 e. The first-order chi connectivity index (χ1) is 7.13. The molecule has 0 spiro atoms. The van der Waals surface area contributed by atoms with Crippen molar-refractivity contribution < 1.29 is 14.6 Å². The van der Waals surface area contributed by atoms with Crippen molar-refractivity contribution in [2.24, 2.45) is 0 Å². The largest absolute Gasteiger partial charge is 0.481 e. The van der Waals surface area contributed by atoms with Crippen LogP contribution in [0.3, 0.4) is 0 Å². The molecular formula is C10H14N2O3. The fourth-order valence-corrected chi connectivity index (χ4v) is 1.24. The van der Waals surface area contributed by atoms with Gasteiger partial charge in [-0.25, -0.2) is 9.97 Å². The normalized spacial score (nSPS) is 10.0. The Balaban J connectivity index is 2.58. The van der Waals surface area contributed by atoms with Gasteiger partial charge < -0.3 is 9.84 Å². The Morgan fingerprint density at radius 1 is 1.60 bits per heavy atom. The quantitative estimate of drug-likeness (QED) is 0.790. The molecule has 5 nitrogen and oxygen atoms in total. The van der Waals surface area contributed by atoms with Crippen LogP contribution in [0.1, 0.15) is 24.1 Å². The van der Waals surface area contributed by atoms with Crippen molar-refractivity contribution in [3.63, 3.8) is 0 Å². The average molecular weight is 210 g/mol. The first kappa shape index (κ1) is 11.4. The van der Waals surface area contributed by atoms with Crippen LogP contribution in [0.15, 0.2) is 6.20 Å². The van der Waals surface area contributed by atoms with Gasteiger partial charge in [0.2, 0.25) is 0 Å². The predicted molar refractivity (Wildman–Crippen MR) is 53.9 cm³/mol. The molecule has 1 aromatic heterocycles. The molecule has 0 bridgehead atoms. The molecule has 0 radical (unpaired) electrons. The molecule has 0 aliphatic heterocycles. The minimum absolute atomic E-state index is 0.172. The van der Waals surface area contributed by atoms with Gasteiger partial charge in [-0.2, -0.15) is 0 Å². The highest BCUT2D eigenvalue weighted by Gasteiger charge is 2.04. The Labute approximate surface area is 88.1 Å². The maximum Gasteiger partial charge on any atom is 0.316 e. The number of carboxylic acid groups (broad SMARTS) is 1. The molecule has 0 fully saturated rings. The molecule has 0 aliphatic carbocycles. The lowest BCUT2D eigenvalue weighted by molar-refractivity contribution is -0.137. The van der Waals surface area contributed by atoms with Gasteiger partial charge >= 0.3 is 12.0 Å². The van der Waals surface area contributed by atoms with Gasteiger partial charge in [-0.15, -0.1) is 0 Å². The Hall–Kier alpha value is -1.65. The Morgan fingerprint density at radius 3 is 2.87 bits per heavy atom. The highest BCUT2D eigenvalue weighted by atomic mass is 16.5.